The molecule has 0 bridgehead atoms. The quantitative estimate of drug-likeness (QED) is 0.603. The Labute approximate surface area is 186 Å². The molecule has 1 atom stereocenters. The second kappa shape index (κ2) is 8.42. The standard InChI is InChI=1S/C23H27FN6S/c1-16-15-31-27-22(16)29-12-10-28(11-13-29)21-14-20(18-5-7-19(24)8-6-18)25-23(26-21)30-9-3-4-17(30)2/h5-8,14-15,17H,3-4,9-13H2,1-2H3. The van der Waals surface area contributed by atoms with Crippen molar-refractivity contribution in [2.75, 3.05) is 47.4 Å². The highest BCUT2D eigenvalue weighted by molar-refractivity contribution is 7.04. The molecular weight excluding hydrogens is 411 g/mol. The first-order valence-electron chi connectivity index (χ1n) is 10.9. The summed E-state index contributed by atoms with van der Waals surface area (Å²) < 4.78 is 18.0. The van der Waals surface area contributed by atoms with E-state index in [2.05, 4.69) is 38.3 Å². The van der Waals surface area contributed by atoms with E-state index in [0.29, 0.717) is 6.04 Å². The third-order valence-corrected chi connectivity index (χ3v) is 7.01. The van der Waals surface area contributed by atoms with Crippen molar-refractivity contribution < 1.29 is 4.39 Å². The molecule has 1 aromatic carbocycles. The number of aromatic nitrogens is 3. The molecule has 0 aliphatic carbocycles. The van der Waals surface area contributed by atoms with Gasteiger partial charge in [-0.3, -0.25) is 0 Å². The number of piperazine rings is 1. The van der Waals surface area contributed by atoms with Gasteiger partial charge in [0.25, 0.3) is 0 Å². The molecule has 8 heteroatoms. The molecule has 1 unspecified atom stereocenters. The molecule has 0 amide bonds. The molecule has 0 spiro atoms. The predicted octanol–water partition coefficient (Wildman–Crippen LogP) is 4.36. The monoisotopic (exact) mass is 438 g/mol. The predicted molar refractivity (Wildman–Crippen MR) is 125 cm³/mol. The summed E-state index contributed by atoms with van der Waals surface area (Å²) in [6.07, 6.45) is 2.32. The molecule has 31 heavy (non-hydrogen) atoms. The van der Waals surface area contributed by atoms with Crippen LogP contribution in [-0.4, -0.2) is 53.1 Å². The molecule has 0 saturated carbocycles. The molecule has 5 rings (SSSR count). The van der Waals surface area contributed by atoms with Crippen molar-refractivity contribution >= 4 is 29.1 Å². The summed E-state index contributed by atoms with van der Waals surface area (Å²) in [6.45, 7) is 8.91. The highest BCUT2D eigenvalue weighted by Crippen LogP contribution is 2.30. The molecule has 0 N–H and O–H groups in total. The van der Waals surface area contributed by atoms with Gasteiger partial charge in [0.15, 0.2) is 0 Å². The fourth-order valence-corrected chi connectivity index (χ4v) is 5.12. The fourth-order valence-electron chi connectivity index (χ4n) is 4.45. The van der Waals surface area contributed by atoms with Crippen LogP contribution in [0.3, 0.4) is 0 Å². The van der Waals surface area contributed by atoms with Crippen molar-refractivity contribution in [1.82, 2.24) is 14.3 Å². The van der Waals surface area contributed by atoms with E-state index in [1.54, 1.807) is 12.1 Å². The van der Waals surface area contributed by atoms with E-state index in [1.165, 1.54) is 29.2 Å². The van der Waals surface area contributed by atoms with Crippen LogP contribution >= 0.6 is 11.5 Å². The van der Waals surface area contributed by atoms with Crippen molar-refractivity contribution in [2.24, 2.45) is 0 Å². The van der Waals surface area contributed by atoms with Crippen LogP contribution in [0.1, 0.15) is 25.3 Å². The lowest BCUT2D eigenvalue weighted by atomic mass is 10.1. The molecule has 2 aliphatic rings. The first-order valence-corrected chi connectivity index (χ1v) is 11.7. The largest absolute Gasteiger partial charge is 0.353 e. The summed E-state index contributed by atoms with van der Waals surface area (Å²) in [6, 6.07) is 9.04. The minimum absolute atomic E-state index is 0.236. The van der Waals surface area contributed by atoms with Crippen LogP contribution in [0.25, 0.3) is 11.3 Å². The number of benzene rings is 1. The maximum absolute atomic E-state index is 13.5. The SMILES string of the molecule is Cc1csnc1N1CCN(c2cc(-c3ccc(F)cc3)nc(N3CCCC3C)n2)CC1. The van der Waals surface area contributed by atoms with Gasteiger partial charge in [0.05, 0.1) is 5.69 Å². The van der Waals surface area contributed by atoms with E-state index in [4.69, 9.17) is 9.97 Å². The first kappa shape index (κ1) is 20.2. The summed E-state index contributed by atoms with van der Waals surface area (Å²) in [4.78, 5) is 16.8. The number of rotatable bonds is 4. The summed E-state index contributed by atoms with van der Waals surface area (Å²) >= 11 is 1.52. The van der Waals surface area contributed by atoms with Crippen molar-refractivity contribution in [2.45, 2.75) is 32.7 Å². The Morgan fingerprint density at radius 1 is 1.00 bits per heavy atom. The van der Waals surface area contributed by atoms with E-state index in [0.717, 1.165) is 74.4 Å². The second-order valence-corrected chi connectivity index (χ2v) is 9.03. The fraction of sp³-hybridized carbons (Fsp3) is 0.435. The molecule has 2 saturated heterocycles. The van der Waals surface area contributed by atoms with Crippen molar-refractivity contribution in [1.29, 1.82) is 0 Å². The molecule has 4 heterocycles. The zero-order valence-electron chi connectivity index (χ0n) is 18.0. The van der Waals surface area contributed by atoms with Crippen molar-refractivity contribution in [3.05, 3.63) is 47.1 Å². The lowest BCUT2D eigenvalue weighted by Gasteiger charge is -2.36. The van der Waals surface area contributed by atoms with Crippen LogP contribution in [-0.2, 0) is 0 Å². The highest BCUT2D eigenvalue weighted by Gasteiger charge is 2.26. The smallest absolute Gasteiger partial charge is 0.228 e. The van der Waals surface area contributed by atoms with Gasteiger partial charge in [-0.05, 0) is 62.5 Å². The van der Waals surface area contributed by atoms with Gasteiger partial charge in [-0.1, -0.05) is 0 Å². The normalized spacial score (nSPS) is 19.3. The molecule has 2 fully saturated rings. The third-order valence-electron chi connectivity index (χ3n) is 6.28. The summed E-state index contributed by atoms with van der Waals surface area (Å²) in [5.74, 6) is 2.59. The van der Waals surface area contributed by atoms with Crippen LogP contribution in [0, 0.1) is 12.7 Å². The molecule has 0 radical (unpaired) electrons. The highest BCUT2D eigenvalue weighted by atomic mass is 32.1. The zero-order chi connectivity index (χ0) is 21.4. The molecule has 2 aliphatic heterocycles. The van der Waals surface area contributed by atoms with Crippen LogP contribution < -0.4 is 14.7 Å². The topological polar surface area (TPSA) is 48.4 Å². The number of aryl methyl sites for hydroxylation is 1. The Bertz CT molecular complexity index is 1040. The average Bonchev–Trinajstić information content (AvgIpc) is 3.42. The minimum Gasteiger partial charge on any atom is -0.353 e. The third kappa shape index (κ3) is 4.08. The molecule has 2 aromatic heterocycles. The van der Waals surface area contributed by atoms with Gasteiger partial charge in [0, 0.05) is 61.3 Å². The van der Waals surface area contributed by atoms with E-state index in [-0.39, 0.29) is 5.82 Å². The Hall–Kier alpha value is -2.74. The van der Waals surface area contributed by atoms with Gasteiger partial charge in [0.2, 0.25) is 5.95 Å². The van der Waals surface area contributed by atoms with E-state index >= 15 is 0 Å². The number of nitrogens with zero attached hydrogens (tertiary/aromatic N) is 6. The zero-order valence-corrected chi connectivity index (χ0v) is 18.8. The van der Waals surface area contributed by atoms with Gasteiger partial charge in [-0.2, -0.15) is 9.36 Å². The van der Waals surface area contributed by atoms with Crippen LogP contribution in [0.15, 0.2) is 35.7 Å². The molecular formula is C23H27FN6S. The average molecular weight is 439 g/mol. The maximum atomic E-state index is 13.5. The summed E-state index contributed by atoms with van der Waals surface area (Å²) in [5.41, 5.74) is 3.00. The van der Waals surface area contributed by atoms with Gasteiger partial charge in [-0.25, -0.2) is 9.37 Å². The second-order valence-electron chi connectivity index (χ2n) is 8.40. The molecule has 162 valence electrons. The van der Waals surface area contributed by atoms with Crippen molar-refractivity contribution in [3.8, 4) is 11.3 Å². The van der Waals surface area contributed by atoms with Gasteiger partial charge >= 0.3 is 0 Å². The first-order chi connectivity index (χ1) is 15.1. The van der Waals surface area contributed by atoms with E-state index < -0.39 is 0 Å². The van der Waals surface area contributed by atoms with Crippen molar-refractivity contribution in [3.63, 3.8) is 0 Å². The Balaban J connectivity index is 1.44. The summed E-state index contributed by atoms with van der Waals surface area (Å²) in [5, 5.41) is 2.10. The Morgan fingerprint density at radius 2 is 1.74 bits per heavy atom. The van der Waals surface area contributed by atoms with E-state index in [1.807, 2.05) is 6.07 Å². The molecule has 6 nitrogen and oxygen atoms in total. The van der Waals surface area contributed by atoms with Gasteiger partial charge < -0.3 is 14.7 Å². The van der Waals surface area contributed by atoms with Gasteiger partial charge in [-0.15, -0.1) is 0 Å². The van der Waals surface area contributed by atoms with Crippen LogP contribution in [0.4, 0.5) is 22.0 Å². The number of anilines is 3. The lowest BCUT2D eigenvalue weighted by Crippen LogP contribution is -2.47. The van der Waals surface area contributed by atoms with Crippen LogP contribution in [0.5, 0.6) is 0 Å². The van der Waals surface area contributed by atoms with Gasteiger partial charge in [0.1, 0.15) is 17.5 Å². The summed E-state index contributed by atoms with van der Waals surface area (Å²) in [7, 11) is 0. The number of hydrogen-bond acceptors (Lipinski definition) is 7. The number of halogens is 1. The maximum Gasteiger partial charge on any atom is 0.228 e. The Kier molecular flexibility index (Phi) is 5.48. The van der Waals surface area contributed by atoms with Crippen LogP contribution in [0.2, 0.25) is 0 Å². The number of hydrogen-bond donors (Lipinski definition) is 0. The van der Waals surface area contributed by atoms with E-state index in [9.17, 15) is 4.39 Å². The molecule has 3 aromatic rings. The Morgan fingerprint density at radius 3 is 2.39 bits per heavy atom. The lowest BCUT2D eigenvalue weighted by molar-refractivity contribution is 0.628. The minimum atomic E-state index is -0.236.